The van der Waals surface area contributed by atoms with Gasteiger partial charge >= 0.3 is 0 Å². The maximum atomic E-state index is 11.8. The van der Waals surface area contributed by atoms with E-state index in [-0.39, 0.29) is 5.91 Å². The summed E-state index contributed by atoms with van der Waals surface area (Å²) in [6, 6.07) is 5.32. The van der Waals surface area contributed by atoms with Crippen molar-refractivity contribution in [2.45, 2.75) is 6.92 Å². The van der Waals surface area contributed by atoms with Crippen molar-refractivity contribution in [3.63, 3.8) is 0 Å². The lowest BCUT2D eigenvalue weighted by molar-refractivity contribution is 0.0800. The topological polar surface area (TPSA) is 41.9 Å². The number of ether oxygens (including phenoxy) is 1. The molecule has 4 nitrogen and oxygen atoms in total. The number of hydrazone groups is 1. The molecular weight excluding hydrogens is 192 g/mol. The van der Waals surface area contributed by atoms with Crippen molar-refractivity contribution in [3.05, 3.63) is 29.3 Å². The van der Waals surface area contributed by atoms with Crippen LogP contribution >= 0.6 is 0 Å². The lowest BCUT2D eigenvalue weighted by Gasteiger charge is -2.13. The molecule has 0 aliphatic heterocycles. The molecular formula is C11H14N2O2. The average Bonchev–Trinajstić information content (AvgIpc) is 2.27. The largest absolute Gasteiger partial charge is 0.496 e. The van der Waals surface area contributed by atoms with Gasteiger partial charge in [-0.1, -0.05) is 6.07 Å². The number of amides is 1. The number of nitrogens with zero attached hydrogens (tertiary/aromatic N) is 2. The van der Waals surface area contributed by atoms with Crippen LogP contribution in [0, 0.1) is 6.92 Å². The molecule has 80 valence electrons. The zero-order valence-corrected chi connectivity index (χ0v) is 9.15. The zero-order valence-electron chi connectivity index (χ0n) is 9.15. The van der Waals surface area contributed by atoms with Crippen molar-refractivity contribution in [1.82, 2.24) is 5.01 Å². The standard InChI is InChI=1S/C11H14N2O2/c1-8-9(11(14)13(3)12-2)6-5-7-10(8)15-4/h5-7H,2H2,1,3-4H3. The van der Waals surface area contributed by atoms with Crippen LogP contribution in [0.5, 0.6) is 5.75 Å². The Balaban J connectivity index is 3.15. The molecule has 0 radical (unpaired) electrons. The Bertz CT molecular complexity index is 388. The highest BCUT2D eigenvalue weighted by Gasteiger charge is 2.14. The van der Waals surface area contributed by atoms with Crippen LogP contribution in [0.1, 0.15) is 15.9 Å². The van der Waals surface area contributed by atoms with Gasteiger partial charge < -0.3 is 4.74 Å². The summed E-state index contributed by atoms with van der Waals surface area (Å²) in [5, 5.41) is 4.75. The number of benzene rings is 1. The Hall–Kier alpha value is -1.84. The number of carbonyl (C=O) groups excluding carboxylic acids is 1. The first-order valence-corrected chi connectivity index (χ1v) is 4.50. The van der Waals surface area contributed by atoms with Crippen molar-refractivity contribution < 1.29 is 9.53 Å². The molecule has 1 aromatic carbocycles. The first kappa shape index (κ1) is 11.2. The van der Waals surface area contributed by atoms with Crippen LogP contribution in [0.4, 0.5) is 0 Å². The molecule has 0 aliphatic carbocycles. The molecule has 1 rings (SSSR count). The summed E-state index contributed by atoms with van der Waals surface area (Å²) in [5.74, 6) is 0.500. The van der Waals surface area contributed by atoms with E-state index in [4.69, 9.17) is 4.74 Å². The second-order valence-corrected chi connectivity index (χ2v) is 3.10. The maximum absolute atomic E-state index is 11.8. The first-order chi connectivity index (χ1) is 7.11. The van der Waals surface area contributed by atoms with Gasteiger partial charge in [-0.15, -0.1) is 0 Å². The highest BCUT2D eigenvalue weighted by Crippen LogP contribution is 2.21. The SMILES string of the molecule is C=NN(C)C(=O)c1cccc(OC)c1C. The summed E-state index contributed by atoms with van der Waals surface area (Å²) in [5.41, 5.74) is 1.38. The highest BCUT2D eigenvalue weighted by atomic mass is 16.5. The summed E-state index contributed by atoms with van der Waals surface area (Å²) in [6.07, 6.45) is 0. The Labute approximate surface area is 89.2 Å². The van der Waals surface area contributed by atoms with Gasteiger partial charge in [-0.2, -0.15) is 5.10 Å². The Kier molecular flexibility index (Phi) is 3.44. The Morgan fingerprint density at radius 3 is 2.73 bits per heavy atom. The van der Waals surface area contributed by atoms with E-state index in [1.807, 2.05) is 13.0 Å². The molecule has 0 bridgehead atoms. The molecule has 0 heterocycles. The second kappa shape index (κ2) is 4.59. The number of hydrogen-bond donors (Lipinski definition) is 0. The smallest absolute Gasteiger partial charge is 0.274 e. The fourth-order valence-corrected chi connectivity index (χ4v) is 1.31. The zero-order chi connectivity index (χ0) is 11.4. The third kappa shape index (κ3) is 2.15. The van der Waals surface area contributed by atoms with Crippen LogP contribution in [-0.2, 0) is 0 Å². The highest BCUT2D eigenvalue weighted by molar-refractivity contribution is 5.96. The third-order valence-electron chi connectivity index (χ3n) is 2.24. The van der Waals surface area contributed by atoms with Gasteiger partial charge in [-0.3, -0.25) is 4.79 Å². The molecule has 4 heteroatoms. The van der Waals surface area contributed by atoms with Crippen molar-refractivity contribution >= 4 is 12.6 Å². The maximum Gasteiger partial charge on any atom is 0.274 e. The summed E-state index contributed by atoms with van der Waals surface area (Å²) in [4.78, 5) is 11.8. The van der Waals surface area contributed by atoms with Crippen LogP contribution in [-0.4, -0.2) is 31.8 Å². The van der Waals surface area contributed by atoms with E-state index < -0.39 is 0 Å². The fourth-order valence-electron chi connectivity index (χ4n) is 1.31. The molecule has 0 atom stereocenters. The molecule has 0 saturated carbocycles. The second-order valence-electron chi connectivity index (χ2n) is 3.10. The van der Waals surface area contributed by atoms with Crippen molar-refractivity contribution in [2.24, 2.45) is 5.10 Å². The molecule has 0 saturated heterocycles. The molecule has 0 unspecified atom stereocenters. The first-order valence-electron chi connectivity index (χ1n) is 4.50. The van der Waals surface area contributed by atoms with Gasteiger partial charge in [0.1, 0.15) is 5.75 Å². The van der Waals surface area contributed by atoms with E-state index in [0.29, 0.717) is 11.3 Å². The van der Waals surface area contributed by atoms with Gasteiger partial charge in [0.2, 0.25) is 0 Å². The van der Waals surface area contributed by atoms with Gasteiger partial charge in [0.25, 0.3) is 5.91 Å². The van der Waals surface area contributed by atoms with Crippen molar-refractivity contribution in [3.8, 4) is 5.75 Å². The number of methoxy groups -OCH3 is 1. The minimum absolute atomic E-state index is 0.193. The molecule has 0 aromatic heterocycles. The number of hydrogen-bond acceptors (Lipinski definition) is 3. The van der Waals surface area contributed by atoms with Gasteiger partial charge in [-0.25, -0.2) is 5.01 Å². The lowest BCUT2D eigenvalue weighted by Crippen LogP contribution is -2.21. The van der Waals surface area contributed by atoms with Gasteiger partial charge in [0.05, 0.1) is 7.11 Å². The molecule has 0 spiro atoms. The van der Waals surface area contributed by atoms with E-state index >= 15 is 0 Å². The fraction of sp³-hybridized carbons (Fsp3) is 0.273. The van der Waals surface area contributed by atoms with E-state index in [1.165, 1.54) is 5.01 Å². The van der Waals surface area contributed by atoms with Crippen LogP contribution in [0.15, 0.2) is 23.3 Å². The molecule has 1 aromatic rings. The monoisotopic (exact) mass is 206 g/mol. The van der Waals surface area contributed by atoms with E-state index in [2.05, 4.69) is 11.8 Å². The van der Waals surface area contributed by atoms with Crippen molar-refractivity contribution in [1.29, 1.82) is 0 Å². The Morgan fingerprint density at radius 2 is 2.20 bits per heavy atom. The summed E-state index contributed by atoms with van der Waals surface area (Å²) in [7, 11) is 3.14. The average molecular weight is 206 g/mol. The molecule has 1 amide bonds. The Morgan fingerprint density at radius 1 is 1.53 bits per heavy atom. The van der Waals surface area contributed by atoms with Crippen LogP contribution < -0.4 is 4.74 Å². The van der Waals surface area contributed by atoms with Crippen LogP contribution in [0.3, 0.4) is 0 Å². The quantitative estimate of drug-likeness (QED) is 0.558. The summed E-state index contributed by atoms with van der Waals surface area (Å²) in [6.45, 7) is 5.14. The van der Waals surface area contributed by atoms with E-state index in [1.54, 1.807) is 26.3 Å². The van der Waals surface area contributed by atoms with Crippen molar-refractivity contribution in [2.75, 3.05) is 14.2 Å². The molecule has 0 fully saturated rings. The molecule has 0 aliphatic rings. The summed E-state index contributed by atoms with van der Waals surface area (Å²) >= 11 is 0. The van der Waals surface area contributed by atoms with E-state index in [0.717, 1.165) is 5.56 Å². The molecule has 0 N–H and O–H groups in total. The summed E-state index contributed by atoms with van der Waals surface area (Å²) < 4.78 is 5.13. The van der Waals surface area contributed by atoms with Gasteiger partial charge in [0, 0.05) is 24.9 Å². The van der Waals surface area contributed by atoms with Gasteiger partial charge in [-0.05, 0) is 19.1 Å². The van der Waals surface area contributed by atoms with E-state index in [9.17, 15) is 4.79 Å². The number of carbonyl (C=O) groups is 1. The van der Waals surface area contributed by atoms with Gasteiger partial charge in [0.15, 0.2) is 0 Å². The minimum Gasteiger partial charge on any atom is -0.496 e. The number of rotatable bonds is 3. The normalized spacial score (nSPS) is 9.53. The predicted molar refractivity (Wildman–Crippen MR) is 59.4 cm³/mol. The van der Waals surface area contributed by atoms with Crippen LogP contribution in [0.2, 0.25) is 0 Å². The van der Waals surface area contributed by atoms with Crippen LogP contribution in [0.25, 0.3) is 0 Å². The minimum atomic E-state index is -0.193. The predicted octanol–water partition coefficient (Wildman–Crippen LogP) is 1.69. The lowest BCUT2D eigenvalue weighted by atomic mass is 10.1. The third-order valence-corrected chi connectivity index (χ3v) is 2.24. The molecule has 15 heavy (non-hydrogen) atoms.